The predicted octanol–water partition coefficient (Wildman–Crippen LogP) is 0.0662. The molecule has 1 aromatic rings. The minimum absolute atomic E-state index is 0.0483. The highest BCUT2D eigenvalue weighted by Gasteiger charge is 2.59. The van der Waals surface area contributed by atoms with Gasteiger partial charge in [0.15, 0.2) is 11.8 Å². The molecule has 1 fully saturated rings. The van der Waals surface area contributed by atoms with E-state index in [0.717, 1.165) is 17.6 Å². The molecule has 0 spiro atoms. The topological polar surface area (TPSA) is 109 Å². The second-order valence-electron chi connectivity index (χ2n) is 5.05. The Morgan fingerprint density at radius 1 is 1.26 bits per heavy atom. The third-order valence-electron chi connectivity index (χ3n) is 3.78. The maximum atomic E-state index is 12.5. The van der Waals surface area contributed by atoms with Crippen LogP contribution in [0.2, 0.25) is 0 Å². The van der Waals surface area contributed by atoms with E-state index in [4.69, 9.17) is 0 Å². The summed E-state index contributed by atoms with van der Waals surface area (Å²) in [7, 11) is 1.12. The molecule has 0 bridgehead atoms. The molecule has 1 saturated heterocycles. The van der Waals surface area contributed by atoms with Gasteiger partial charge in [-0.05, 0) is 5.56 Å². The molecule has 0 aliphatic carbocycles. The van der Waals surface area contributed by atoms with E-state index in [1.807, 2.05) is 6.07 Å². The number of nitroso groups, excluding NO2 is 1. The minimum Gasteiger partial charge on any atom is -0.464 e. The summed E-state index contributed by atoms with van der Waals surface area (Å²) in [6.07, 6.45) is 0. The molecule has 118 valence electrons. The molecule has 9 nitrogen and oxygen atoms in total. The Bertz CT molecular complexity index is 717. The third-order valence-corrected chi connectivity index (χ3v) is 3.78. The van der Waals surface area contributed by atoms with Gasteiger partial charge in [-0.25, -0.2) is 4.79 Å². The van der Waals surface area contributed by atoms with Gasteiger partial charge in [-0.1, -0.05) is 30.3 Å². The SMILES string of the molecule is COC(=O)C1=NN(N=O)[C@H]2C(=O)N(Cc3ccccc3)C(=O)[C@H]12. The van der Waals surface area contributed by atoms with Crippen LogP contribution in [0, 0.1) is 10.8 Å². The van der Waals surface area contributed by atoms with E-state index in [2.05, 4.69) is 15.1 Å². The summed E-state index contributed by atoms with van der Waals surface area (Å²) in [6, 6.07) is 7.67. The molecule has 2 aliphatic heterocycles. The van der Waals surface area contributed by atoms with Crippen molar-refractivity contribution in [3.63, 3.8) is 0 Å². The molecule has 0 saturated carbocycles. The molecule has 9 heteroatoms. The summed E-state index contributed by atoms with van der Waals surface area (Å²) >= 11 is 0. The molecule has 3 rings (SSSR count). The molecule has 0 unspecified atom stereocenters. The third kappa shape index (κ3) is 2.26. The van der Waals surface area contributed by atoms with Crippen LogP contribution in [-0.4, -0.2) is 46.7 Å². The Balaban J connectivity index is 1.92. The van der Waals surface area contributed by atoms with Crippen molar-refractivity contribution in [2.24, 2.45) is 16.3 Å². The molecule has 0 N–H and O–H groups in total. The Morgan fingerprint density at radius 2 is 1.96 bits per heavy atom. The zero-order valence-electron chi connectivity index (χ0n) is 12.1. The normalized spacial score (nSPS) is 22.9. The van der Waals surface area contributed by atoms with Gasteiger partial charge in [0.2, 0.25) is 5.91 Å². The zero-order chi connectivity index (χ0) is 16.6. The summed E-state index contributed by atoms with van der Waals surface area (Å²) in [5.41, 5.74) is 0.461. The van der Waals surface area contributed by atoms with Crippen LogP contribution in [0.3, 0.4) is 0 Å². The number of rotatable bonds is 4. The zero-order valence-corrected chi connectivity index (χ0v) is 12.1. The van der Waals surface area contributed by atoms with Crippen molar-refractivity contribution < 1.29 is 19.1 Å². The average molecular weight is 316 g/mol. The van der Waals surface area contributed by atoms with Crippen molar-refractivity contribution in [2.75, 3.05) is 7.11 Å². The number of hydrogen-bond donors (Lipinski definition) is 0. The van der Waals surface area contributed by atoms with Crippen LogP contribution in [0.1, 0.15) is 5.56 Å². The number of benzene rings is 1. The highest BCUT2D eigenvalue weighted by Crippen LogP contribution is 2.33. The summed E-state index contributed by atoms with van der Waals surface area (Å²) in [4.78, 5) is 48.6. The molecule has 2 heterocycles. The van der Waals surface area contributed by atoms with E-state index in [1.54, 1.807) is 24.3 Å². The lowest BCUT2D eigenvalue weighted by atomic mass is 9.98. The number of fused-ring (bicyclic) bond motifs is 1. The number of ether oxygens (including phenoxy) is 1. The minimum atomic E-state index is -1.22. The monoisotopic (exact) mass is 316 g/mol. The predicted molar refractivity (Wildman–Crippen MR) is 76.4 cm³/mol. The number of carbonyl (C=O) groups excluding carboxylic acids is 3. The molecule has 2 amide bonds. The van der Waals surface area contributed by atoms with Crippen molar-refractivity contribution in [2.45, 2.75) is 12.6 Å². The summed E-state index contributed by atoms with van der Waals surface area (Å²) in [6.45, 7) is 0.0483. The second kappa shape index (κ2) is 5.59. The first-order valence-corrected chi connectivity index (χ1v) is 6.77. The smallest absolute Gasteiger partial charge is 0.355 e. The molecule has 2 atom stereocenters. The maximum Gasteiger partial charge on any atom is 0.355 e. The lowest BCUT2D eigenvalue weighted by Gasteiger charge is -2.16. The molecule has 2 aliphatic rings. The highest BCUT2D eigenvalue weighted by molar-refractivity contribution is 6.43. The van der Waals surface area contributed by atoms with Gasteiger partial charge in [0.25, 0.3) is 5.91 Å². The van der Waals surface area contributed by atoms with Crippen LogP contribution in [0.25, 0.3) is 0 Å². The number of imide groups is 1. The van der Waals surface area contributed by atoms with Crippen LogP contribution in [0.5, 0.6) is 0 Å². The first-order chi connectivity index (χ1) is 11.1. The van der Waals surface area contributed by atoms with E-state index in [0.29, 0.717) is 5.12 Å². The molecule has 1 aromatic carbocycles. The lowest BCUT2D eigenvalue weighted by Crippen LogP contribution is -2.36. The van der Waals surface area contributed by atoms with Crippen LogP contribution in [0.15, 0.2) is 40.7 Å². The fraction of sp³-hybridized carbons (Fsp3) is 0.286. The van der Waals surface area contributed by atoms with E-state index >= 15 is 0 Å². The Morgan fingerprint density at radius 3 is 2.57 bits per heavy atom. The van der Waals surface area contributed by atoms with Crippen molar-refractivity contribution >= 4 is 23.5 Å². The number of nitrogens with zero attached hydrogens (tertiary/aromatic N) is 4. The highest BCUT2D eigenvalue weighted by atomic mass is 16.5. The van der Waals surface area contributed by atoms with E-state index in [-0.39, 0.29) is 12.3 Å². The van der Waals surface area contributed by atoms with E-state index in [1.165, 1.54) is 0 Å². The van der Waals surface area contributed by atoms with Gasteiger partial charge in [0.1, 0.15) is 5.92 Å². The molecule has 0 aromatic heterocycles. The molecular formula is C14H12N4O5. The summed E-state index contributed by atoms with van der Waals surface area (Å²) in [5.74, 6) is -3.25. The second-order valence-corrected chi connectivity index (χ2v) is 5.05. The summed E-state index contributed by atoms with van der Waals surface area (Å²) in [5, 5.41) is 6.80. The van der Waals surface area contributed by atoms with Gasteiger partial charge < -0.3 is 4.74 Å². The largest absolute Gasteiger partial charge is 0.464 e. The van der Waals surface area contributed by atoms with Crippen LogP contribution in [0.4, 0.5) is 0 Å². The average Bonchev–Trinajstić information content (AvgIpc) is 3.07. The number of hydrazone groups is 1. The van der Waals surface area contributed by atoms with Crippen LogP contribution >= 0.6 is 0 Å². The Labute approximate surface area is 130 Å². The van der Waals surface area contributed by atoms with Gasteiger partial charge in [-0.3, -0.25) is 14.5 Å². The van der Waals surface area contributed by atoms with Gasteiger partial charge in [-0.15, -0.1) is 15.1 Å². The summed E-state index contributed by atoms with van der Waals surface area (Å²) < 4.78 is 4.55. The number of esters is 1. The van der Waals surface area contributed by atoms with Gasteiger partial charge in [-0.2, -0.15) is 0 Å². The fourth-order valence-corrected chi connectivity index (χ4v) is 2.71. The Kier molecular flexibility index (Phi) is 3.61. The molecule has 23 heavy (non-hydrogen) atoms. The number of carbonyl (C=O) groups is 3. The van der Waals surface area contributed by atoms with Crippen LogP contribution in [-0.2, 0) is 25.7 Å². The maximum absolute atomic E-state index is 12.5. The standard InChI is InChI=1S/C14H12N4O5/c1-23-14(21)10-9-11(18(15-10)16-22)13(20)17(12(9)19)7-8-5-3-2-4-6-8/h2-6,9,11H,7H2,1H3/t9-,11-/m1/s1. The fourth-order valence-electron chi connectivity index (χ4n) is 2.71. The molecule has 0 radical (unpaired) electrons. The van der Waals surface area contributed by atoms with E-state index < -0.39 is 29.7 Å². The van der Waals surface area contributed by atoms with Crippen LogP contribution < -0.4 is 0 Å². The number of amides is 2. The first-order valence-electron chi connectivity index (χ1n) is 6.77. The van der Waals surface area contributed by atoms with Gasteiger partial charge in [0, 0.05) is 0 Å². The van der Waals surface area contributed by atoms with Crippen molar-refractivity contribution in [1.82, 2.24) is 10.0 Å². The van der Waals surface area contributed by atoms with Gasteiger partial charge >= 0.3 is 5.97 Å². The number of hydrogen-bond acceptors (Lipinski definition) is 7. The van der Waals surface area contributed by atoms with Gasteiger partial charge in [0.05, 0.1) is 18.9 Å². The van der Waals surface area contributed by atoms with Crippen molar-refractivity contribution in [3.05, 3.63) is 40.8 Å². The molecular weight excluding hydrogens is 304 g/mol. The lowest BCUT2D eigenvalue weighted by molar-refractivity contribution is -0.141. The van der Waals surface area contributed by atoms with Crippen molar-refractivity contribution in [1.29, 1.82) is 0 Å². The quantitative estimate of drug-likeness (QED) is 0.441. The van der Waals surface area contributed by atoms with Crippen molar-refractivity contribution in [3.8, 4) is 0 Å². The van der Waals surface area contributed by atoms with E-state index in [9.17, 15) is 19.3 Å². The number of methoxy groups -OCH3 is 1. The number of likely N-dealkylation sites (tertiary alicyclic amines) is 1. The first kappa shape index (κ1) is 14.8. The Hall–Kier alpha value is -3.10.